The number of thiophene rings is 1. The second-order valence-corrected chi connectivity index (χ2v) is 5.09. The van der Waals surface area contributed by atoms with Crippen LogP contribution in [0, 0.1) is 0 Å². The maximum atomic E-state index is 5.93. The molecule has 3 heterocycles. The highest BCUT2D eigenvalue weighted by Crippen LogP contribution is 2.32. The molecule has 0 unspecified atom stereocenters. The lowest BCUT2D eigenvalue weighted by Gasteiger charge is -2.00. The van der Waals surface area contributed by atoms with E-state index in [1.807, 2.05) is 12.1 Å². The normalized spacial score (nSPS) is 11.4. The number of fused-ring (bicyclic) bond motifs is 2. The van der Waals surface area contributed by atoms with Gasteiger partial charge in [-0.15, -0.1) is 11.3 Å². The van der Waals surface area contributed by atoms with Crippen molar-refractivity contribution in [1.82, 2.24) is 19.9 Å². The van der Waals surface area contributed by atoms with Gasteiger partial charge in [-0.2, -0.15) is 0 Å². The van der Waals surface area contributed by atoms with E-state index in [9.17, 15) is 0 Å². The van der Waals surface area contributed by atoms with Crippen LogP contribution in [0.3, 0.4) is 0 Å². The molecule has 0 amide bonds. The molecule has 0 bridgehead atoms. The fourth-order valence-electron chi connectivity index (χ4n) is 2.13. The Morgan fingerprint density at radius 2 is 2.05 bits per heavy atom. The number of hydrogen-bond donors (Lipinski definition) is 2. The van der Waals surface area contributed by atoms with Crippen LogP contribution in [0.4, 0.5) is 5.82 Å². The summed E-state index contributed by atoms with van der Waals surface area (Å²) in [5.41, 5.74) is 8.21. The highest BCUT2D eigenvalue weighted by atomic mass is 32.1. The smallest absolute Gasteiger partial charge is 0.183 e. The topological polar surface area (TPSA) is 80.5 Å². The molecule has 0 aliphatic heterocycles. The molecule has 3 aromatic heterocycles. The van der Waals surface area contributed by atoms with Gasteiger partial charge in [-0.3, -0.25) is 0 Å². The standard InChI is InChI=1S/C13H9N5S/c14-11-10-13(16-6-15-10)18-12(17-11)8-5-19-9-4-2-1-3-7(8)9/h1-6H,(H3,14,15,16,17,18). The number of hydrogen-bond acceptors (Lipinski definition) is 5. The SMILES string of the molecule is Nc1nc(-c2csc3ccccc23)nc2nc[nH]c12. The number of H-pyrrole nitrogens is 1. The molecule has 0 radical (unpaired) electrons. The first-order valence-electron chi connectivity index (χ1n) is 5.76. The Balaban J connectivity index is 2.03. The predicted molar refractivity (Wildman–Crippen MR) is 76.9 cm³/mol. The molecule has 3 N–H and O–H groups in total. The minimum absolute atomic E-state index is 0.424. The third-order valence-electron chi connectivity index (χ3n) is 3.04. The number of aromatic nitrogens is 4. The number of nitrogens with two attached hydrogens (primary N) is 1. The van der Waals surface area contributed by atoms with Gasteiger partial charge in [0, 0.05) is 21.0 Å². The highest BCUT2D eigenvalue weighted by molar-refractivity contribution is 7.17. The average Bonchev–Trinajstić information content (AvgIpc) is 3.04. The maximum absolute atomic E-state index is 5.93. The summed E-state index contributed by atoms with van der Waals surface area (Å²) in [4.78, 5) is 15.9. The number of benzene rings is 1. The van der Waals surface area contributed by atoms with E-state index in [0.29, 0.717) is 22.8 Å². The van der Waals surface area contributed by atoms with Gasteiger partial charge >= 0.3 is 0 Å². The molecule has 0 aliphatic carbocycles. The molecule has 6 heteroatoms. The summed E-state index contributed by atoms with van der Waals surface area (Å²) in [7, 11) is 0. The third kappa shape index (κ3) is 1.50. The number of nitrogens with one attached hydrogen (secondary N) is 1. The number of aromatic amines is 1. The second-order valence-electron chi connectivity index (χ2n) is 4.18. The number of imidazole rings is 1. The molecule has 5 nitrogen and oxygen atoms in total. The molecule has 0 spiro atoms. The van der Waals surface area contributed by atoms with E-state index in [-0.39, 0.29) is 0 Å². The van der Waals surface area contributed by atoms with Crippen molar-refractivity contribution in [3.63, 3.8) is 0 Å². The number of nitrogens with zero attached hydrogens (tertiary/aromatic N) is 3. The van der Waals surface area contributed by atoms with E-state index in [2.05, 4.69) is 37.4 Å². The van der Waals surface area contributed by atoms with E-state index in [0.717, 1.165) is 10.9 Å². The fourth-order valence-corrected chi connectivity index (χ4v) is 3.07. The van der Waals surface area contributed by atoms with Gasteiger partial charge in [0.2, 0.25) is 0 Å². The fraction of sp³-hybridized carbons (Fsp3) is 0. The zero-order valence-corrected chi connectivity index (χ0v) is 10.6. The van der Waals surface area contributed by atoms with E-state index >= 15 is 0 Å². The van der Waals surface area contributed by atoms with Crippen LogP contribution in [-0.4, -0.2) is 19.9 Å². The van der Waals surface area contributed by atoms with Gasteiger partial charge in [0.15, 0.2) is 17.3 Å². The first-order chi connectivity index (χ1) is 9.33. The van der Waals surface area contributed by atoms with Crippen molar-refractivity contribution in [2.75, 3.05) is 5.73 Å². The van der Waals surface area contributed by atoms with Crippen LogP contribution in [0.25, 0.3) is 32.6 Å². The van der Waals surface area contributed by atoms with Crippen LogP contribution in [0.15, 0.2) is 36.0 Å². The van der Waals surface area contributed by atoms with Crippen molar-refractivity contribution >= 4 is 38.4 Å². The van der Waals surface area contributed by atoms with Crippen LogP contribution in [0.5, 0.6) is 0 Å². The van der Waals surface area contributed by atoms with Crippen LogP contribution in [0.1, 0.15) is 0 Å². The van der Waals surface area contributed by atoms with Crippen molar-refractivity contribution in [3.8, 4) is 11.4 Å². The molecular formula is C13H9N5S. The molecule has 1 aromatic carbocycles. The summed E-state index contributed by atoms with van der Waals surface area (Å²) in [5.74, 6) is 1.04. The number of anilines is 1. The lowest BCUT2D eigenvalue weighted by Crippen LogP contribution is -1.97. The van der Waals surface area contributed by atoms with Gasteiger partial charge in [-0.25, -0.2) is 15.0 Å². The van der Waals surface area contributed by atoms with Gasteiger partial charge in [-0.1, -0.05) is 18.2 Å². The molecule has 0 atom stereocenters. The van der Waals surface area contributed by atoms with Gasteiger partial charge < -0.3 is 10.7 Å². The van der Waals surface area contributed by atoms with Crippen molar-refractivity contribution in [2.45, 2.75) is 0 Å². The lowest BCUT2D eigenvalue weighted by molar-refractivity contribution is 1.22. The highest BCUT2D eigenvalue weighted by Gasteiger charge is 2.12. The Kier molecular flexibility index (Phi) is 2.07. The first-order valence-corrected chi connectivity index (χ1v) is 6.64. The largest absolute Gasteiger partial charge is 0.382 e. The van der Waals surface area contributed by atoms with Crippen LogP contribution >= 0.6 is 11.3 Å². The molecule has 92 valence electrons. The van der Waals surface area contributed by atoms with Gasteiger partial charge in [-0.05, 0) is 6.07 Å². The quantitative estimate of drug-likeness (QED) is 0.555. The monoisotopic (exact) mass is 267 g/mol. The van der Waals surface area contributed by atoms with Crippen LogP contribution < -0.4 is 5.73 Å². The summed E-state index contributed by atoms with van der Waals surface area (Å²) in [6, 6.07) is 8.18. The van der Waals surface area contributed by atoms with Crippen molar-refractivity contribution in [1.29, 1.82) is 0 Å². The lowest BCUT2D eigenvalue weighted by atomic mass is 10.1. The first kappa shape index (κ1) is 10.5. The Morgan fingerprint density at radius 1 is 1.16 bits per heavy atom. The Morgan fingerprint density at radius 3 is 3.00 bits per heavy atom. The van der Waals surface area contributed by atoms with Crippen molar-refractivity contribution in [3.05, 3.63) is 36.0 Å². The van der Waals surface area contributed by atoms with Crippen molar-refractivity contribution in [2.24, 2.45) is 0 Å². The summed E-state index contributed by atoms with van der Waals surface area (Å²) in [6.07, 6.45) is 1.57. The van der Waals surface area contributed by atoms with Crippen LogP contribution in [-0.2, 0) is 0 Å². The Labute approximate surface area is 112 Å². The molecule has 0 saturated heterocycles. The van der Waals surface area contributed by atoms with E-state index in [1.54, 1.807) is 17.7 Å². The van der Waals surface area contributed by atoms with E-state index < -0.39 is 0 Å². The van der Waals surface area contributed by atoms with Crippen molar-refractivity contribution < 1.29 is 0 Å². The van der Waals surface area contributed by atoms with Gasteiger partial charge in [0.1, 0.15) is 5.52 Å². The van der Waals surface area contributed by atoms with E-state index in [4.69, 9.17) is 5.73 Å². The predicted octanol–water partition coefficient (Wildman–Crippen LogP) is 2.82. The van der Waals surface area contributed by atoms with Gasteiger partial charge in [0.05, 0.1) is 6.33 Å². The van der Waals surface area contributed by atoms with Crippen LogP contribution in [0.2, 0.25) is 0 Å². The molecular weight excluding hydrogens is 258 g/mol. The average molecular weight is 267 g/mol. The summed E-state index contributed by atoms with van der Waals surface area (Å²) in [5, 5.41) is 3.19. The Bertz CT molecular complexity index is 892. The maximum Gasteiger partial charge on any atom is 0.183 e. The molecule has 0 saturated carbocycles. The molecule has 0 aliphatic rings. The molecule has 4 rings (SSSR count). The number of nitrogen functional groups attached to an aromatic ring is 1. The summed E-state index contributed by atoms with van der Waals surface area (Å²) >= 11 is 1.67. The summed E-state index contributed by atoms with van der Waals surface area (Å²) < 4.78 is 1.21. The number of rotatable bonds is 1. The summed E-state index contributed by atoms with van der Waals surface area (Å²) in [6.45, 7) is 0. The zero-order valence-electron chi connectivity index (χ0n) is 9.79. The molecule has 0 fully saturated rings. The minimum atomic E-state index is 0.424. The third-order valence-corrected chi connectivity index (χ3v) is 4.00. The zero-order chi connectivity index (χ0) is 12.8. The molecule has 4 aromatic rings. The molecule has 19 heavy (non-hydrogen) atoms. The van der Waals surface area contributed by atoms with E-state index in [1.165, 1.54) is 4.70 Å². The Hall–Kier alpha value is -2.47. The minimum Gasteiger partial charge on any atom is -0.382 e. The second kappa shape index (κ2) is 3.76. The van der Waals surface area contributed by atoms with Gasteiger partial charge in [0.25, 0.3) is 0 Å².